The first kappa shape index (κ1) is 11.9. The van der Waals surface area contributed by atoms with Gasteiger partial charge in [0.05, 0.1) is 27.6 Å². The van der Waals surface area contributed by atoms with Crippen molar-refractivity contribution < 1.29 is 4.39 Å². The number of aromatic nitrogens is 2. The van der Waals surface area contributed by atoms with Crippen LogP contribution in [0, 0.1) is 5.82 Å². The fourth-order valence-electron chi connectivity index (χ4n) is 1.22. The molecule has 0 aliphatic carbocycles. The van der Waals surface area contributed by atoms with E-state index in [4.69, 9.17) is 28.9 Å². The highest BCUT2D eigenvalue weighted by Crippen LogP contribution is 2.34. The number of nitrogens with zero attached hydrogens (tertiary/aromatic N) is 2. The molecule has 0 amide bonds. The number of hydrogen-bond acceptors (Lipinski definition) is 4. The summed E-state index contributed by atoms with van der Waals surface area (Å²) in [5, 5.41) is 3.12. The molecule has 2 rings (SSSR count). The number of nitrogens with two attached hydrogens (primary N) is 1. The van der Waals surface area contributed by atoms with Crippen molar-refractivity contribution in [1.82, 2.24) is 9.97 Å². The van der Waals surface area contributed by atoms with Crippen LogP contribution in [0.5, 0.6) is 0 Å². The van der Waals surface area contributed by atoms with Gasteiger partial charge >= 0.3 is 0 Å². The van der Waals surface area contributed by atoms with Crippen LogP contribution in [0.4, 0.5) is 21.6 Å². The lowest BCUT2D eigenvalue weighted by Gasteiger charge is -2.10. The van der Waals surface area contributed by atoms with Gasteiger partial charge in [0, 0.05) is 0 Å². The molecule has 0 bridgehead atoms. The van der Waals surface area contributed by atoms with Crippen LogP contribution in [0.25, 0.3) is 0 Å². The van der Waals surface area contributed by atoms with Crippen molar-refractivity contribution in [2.24, 2.45) is 0 Å². The number of anilines is 3. The third-order valence-electron chi connectivity index (χ3n) is 1.99. The minimum Gasteiger partial charge on any atom is -0.394 e. The number of benzene rings is 1. The van der Waals surface area contributed by atoms with Crippen molar-refractivity contribution in [2.45, 2.75) is 0 Å². The van der Waals surface area contributed by atoms with Gasteiger partial charge in [-0.15, -0.1) is 0 Å². The molecule has 0 saturated heterocycles. The quantitative estimate of drug-likeness (QED) is 0.881. The van der Waals surface area contributed by atoms with Gasteiger partial charge in [0.1, 0.15) is 12.1 Å². The van der Waals surface area contributed by atoms with Crippen LogP contribution in [0.3, 0.4) is 0 Å². The third kappa shape index (κ3) is 2.57. The highest BCUT2D eigenvalue weighted by molar-refractivity contribution is 6.39. The summed E-state index contributed by atoms with van der Waals surface area (Å²) in [6, 6.07) is 2.29. The Balaban J connectivity index is 2.40. The van der Waals surface area contributed by atoms with E-state index in [9.17, 15) is 4.39 Å². The first-order valence-corrected chi connectivity index (χ1v) is 5.30. The van der Waals surface area contributed by atoms with Gasteiger partial charge in [-0.2, -0.15) is 0 Å². The third-order valence-corrected chi connectivity index (χ3v) is 2.59. The summed E-state index contributed by atoms with van der Waals surface area (Å²) in [7, 11) is 0. The number of rotatable bonds is 2. The molecule has 3 N–H and O–H groups in total. The normalized spacial score (nSPS) is 10.3. The fourth-order valence-corrected chi connectivity index (χ4v) is 1.78. The van der Waals surface area contributed by atoms with E-state index in [0.29, 0.717) is 17.2 Å². The first-order chi connectivity index (χ1) is 8.08. The lowest BCUT2D eigenvalue weighted by Crippen LogP contribution is -2.00. The van der Waals surface area contributed by atoms with E-state index in [2.05, 4.69) is 15.3 Å². The van der Waals surface area contributed by atoms with Gasteiger partial charge in [-0.05, 0) is 12.1 Å². The SMILES string of the molecule is Nc1cncnc1Nc1c(Cl)cc(F)cc1Cl. The lowest BCUT2D eigenvalue weighted by atomic mass is 10.3. The Morgan fingerprint density at radius 2 is 1.88 bits per heavy atom. The topological polar surface area (TPSA) is 63.8 Å². The minimum absolute atomic E-state index is 0.146. The van der Waals surface area contributed by atoms with Crippen LogP contribution < -0.4 is 11.1 Å². The zero-order valence-corrected chi connectivity index (χ0v) is 9.93. The Hall–Kier alpha value is -1.59. The summed E-state index contributed by atoms with van der Waals surface area (Å²) in [4.78, 5) is 7.66. The molecule has 4 nitrogen and oxygen atoms in total. The maximum atomic E-state index is 13.0. The summed E-state index contributed by atoms with van der Waals surface area (Å²) >= 11 is 11.7. The molecule has 1 heterocycles. The van der Waals surface area contributed by atoms with E-state index in [-0.39, 0.29) is 10.0 Å². The molecule has 0 saturated carbocycles. The highest BCUT2D eigenvalue weighted by atomic mass is 35.5. The summed E-state index contributed by atoms with van der Waals surface area (Å²) in [5.41, 5.74) is 6.34. The van der Waals surface area contributed by atoms with Crippen molar-refractivity contribution in [3.8, 4) is 0 Å². The number of nitrogens with one attached hydrogen (secondary N) is 1. The standard InChI is InChI=1S/C10H7Cl2FN4/c11-6-1-5(13)2-7(12)9(6)17-10-8(14)3-15-4-16-10/h1-4H,14H2,(H,15,16,17). The second-order valence-corrected chi connectivity index (χ2v) is 4.01. The monoisotopic (exact) mass is 272 g/mol. The number of nitrogen functional groups attached to an aromatic ring is 1. The predicted octanol–water partition coefficient (Wildman–Crippen LogP) is 3.25. The number of halogens is 3. The highest BCUT2D eigenvalue weighted by Gasteiger charge is 2.10. The van der Waals surface area contributed by atoms with Crippen LogP contribution in [0.15, 0.2) is 24.7 Å². The van der Waals surface area contributed by atoms with Crippen molar-refractivity contribution in [1.29, 1.82) is 0 Å². The van der Waals surface area contributed by atoms with Crippen molar-refractivity contribution in [3.05, 3.63) is 40.5 Å². The molecule has 17 heavy (non-hydrogen) atoms. The largest absolute Gasteiger partial charge is 0.394 e. The molecule has 0 fully saturated rings. The Labute approximate surface area is 107 Å². The molecule has 0 atom stereocenters. The van der Waals surface area contributed by atoms with E-state index in [1.165, 1.54) is 12.5 Å². The molecule has 0 spiro atoms. The zero-order chi connectivity index (χ0) is 12.4. The molecule has 1 aromatic heterocycles. The van der Waals surface area contributed by atoms with E-state index < -0.39 is 5.82 Å². The Morgan fingerprint density at radius 1 is 1.24 bits per heavy atom. The maximum absolute atomic E-state index is 13.0. The molecule has 0 aliphatic rings. The average molecular weight is 273 g/mol. The molecule has 88 valence electrons. The van der Waals surface area contributed by atoms with Crippen molar-refractivity contribution >= 4 is 40.4 Å². The summed E-state index contributed by atoms with van der Waals surface area (Å²) in [5.74, 6) is -0.156. The van der Waals surface area contributed by atoms with E-state index >= 15 is 0 Å². The van der Waals surface area contributed by atoms with E-state index in [1.807, 2.05) is 0 Å². The Morgan fingerprint density at radius 3 is 2.47 bits per heavy atom. The van der Waals surface area contributed by atoms with Crippen LogP contribution in [0.2, 0.25) is 10.0 Å². The Bertz CT molecular complexity index is 539. The van der Waals surface area contributed by atoms with Crippen LogP contribution in [0.1, 0.15) is 0 Å². The zero-order valence-electron chi connectivity index (χ0n) is 8.42. The van der Waals surface area contributed by atoms with Crippen LogP contribution in [-0.4, -0.2) is 9.97 Å². The molecule has 0 aliphatic heterocycles. The first-order valence-electron chi connectivity index (χ1n) is 4.55. The maximum Gasteiger partial charge on any atom is 0.157 e. The van der Waals surface area contributed by atoms with Gasteiger partial charge in [-0.1, -0.05) is 23.2 Å². The lowest BCUT2D eigenvalue weighted by molar-refractivity contribution is 0.628. The summed E-state index contributed by atoms with van der Waals surface area (Å²) in [6.07, 6.45) is 2.75. The second-order valence-electron chi connectivity index (χ2n) is 3.20. The molecule has 1 aromatic carbocycles. The Kier molecular flexibility index (Phi) is 3.31. The minimum atomic E-state index is -0.513. The smallest absolute Gasteiger partial charge is 0.157 e. The van der Waals surface area contributed by atoms with Gasteiger partial charge in [-0.3, -0.25) is 0 Å². The van der Waals surface area contributed by atoms with Gasteiger partial charge < -0.3 is 11.1 Å². The average Bonchev–Trinajstić information content (AvgIpc) is 2.25. The predicted molar refractivity (Wildman–Crippen MR) is 66.1 cm³/mol. The van der Waals surface area contributed by atoms with Crippen LogP contribution >= 0.6 is 23.2 Å². The van der Waals surface area contributed by atoms with E-state index in [0.717, 1.165) is 12.1 Å². The molecule has 7 heteroatoms. The van der Waals surface area contributed by atoms with E-state index in [1.54, 1.807) is 0 Å². The molecule has 2 aromatic rings. The number of hydrogen-bond donors (Lipinski definition) is 2. The van der Waals surface area contributed by atoms with Gasteiger partial charge in [0.2, 0.25) is 0 Å². The molecular formula is C10H7Cl2FN4. The van der Waals surface area contributed by atoms with Crippen LogP contribution in [-0.2, 0) is 0 Å². The van der Waals surface area contributed by atoms with Crippen molar-refractivity contribution in [3.63, 3.8) is 0 Å². The van der Waals surface area contributed by atoms with Gasteiger partial charge in [0.25, 0.3) is 0 Å². The molecule has 0 unspecified atom stereocenters. The molecular weight excluding hydrogens is 266 g/mol. The van der Waals surface area contributed by atoms with Gasteiger partial charge in [0.15, 0.2) is 5.82 Å². The fraction of sp³-hybridized carbons (Fsp3) is 0. The summed E-state index contributed by atoms with van der Waals surface area (Å²) in [6.45, 7) is 0. The van der Waals surface area contributed by atoms with Gasteiger partial charge in [-0.25, -0.2) is 14.4 Å². The summed E-state index contributed by atoms with van der Waals surface area (Å²) < 4.78 is 13.0. The van der Waals surface area contributed by atoms with Crippen molar-refractivity contribution in [2.75, 3.05) is 11.1 Å². The molecule has 0 radical (unpaired) electrons. The second kappa shape index (κ2) is 4.73.